The second-order valence-electron chi connectivity index (χ2n) is 10.3. The molecule has 3 fully saturated rings. The van der Waals surface area contributed by atoms with Crippen molar-refractivity contribution in [2.24, 2.45) is 0 Å². The topological polar surface area (TPSA) is 85.6 Å². The number of fused-ring (bicyclic) bond motifs is 1. The molecule has 3 aliphatic carbocycles. The van der Waals surface area contributed by atoms with Crippen LogP contribution < -0.4 is 14.8 Å². The van der Waals surface area contributed by atoms with Crippen LogP contribution in [0, 0.1) is 12.7 Å². The van der Waals surface area contributed by atoms with E-state index < -0.39 is 30.1 Å². The van der Waals surface area contributed by atoms with Gasteiger partial charge in [0.25, 0.3) is 5.91 Å². The number of benzene rings is 2. The minimum Gasteiger partial charge on any atom is -0.480 e. The van der Waals surface area contributed by atoms with Crippen molar-refractivity contribution in [2.75, 3.05) is 0 Å². The van der Waals surface area contributed by atoms with Crippen molar-refractivity contribution in [2.45, 2.75) is 62.3 Å². The standard InChI is InChI=1S/C26H23F4N3O4/c1-14-2-4-20-17(6-14)19(34)8-22(36-20)23(35)32-24-11-25(12-24,13-24)33-10-16(9-31-33)15-3-5-21(18(27)7-15)37-26(28,29)30/h2-7,9-10,19,22,34H,8,11-13H2,1H3,(H,32,35)/t19-,22-,24?,25?/m1/s1. The average molecular weight is 517 g/mol. The zero-order valence-electron chi connectivity index (χ0n) is 19.7. The molecule has 194 valence electrons. The Bertz CT molecular complexity index is 1380. The van der Waals surface area contributed by atoms with Gasteiger partial charge >= 0.3 is 6.36 Å². The SMILES string of the molecule is Cc1ccc2c(c1)[C@H](O)C[C@H](C(=O)NC13CC(n4cc(-c5ccc(OC(F)(F)F)c(F)c5)cn4)(C1)C3)O2. The first-order chi connectivity index (χ1) is 17.4. The number of amides is 1. The van der Waals surface area contributed by atoms with Gasteiger partial charge in [0.05, 0.1) is 17.8 Å². The molecule has 2 heterocycles. The molecule has 7 rings (SSSR count). The maximum atomic E-state index is 14.1. The number of carbonyl (C=O) groups excluding carboxylic acids is 1. The number of halogens is 4. The maximum Gasteiger partial charge on any atom is 0.573 e. The zero-order valence-corrected chi connectivity index (χ0v) is 19.7. The third kappa shape index (κ3) is 4.11. The summed E-state index contributed by atoms with van der Waals surface area (Å²) in [6, 6.07) is 8.74. The van der Waals surface area contributed by atoms with Gasteiger partial charge in [-0.3, -0.25) is 9.48 Å². The van der Waals surface area contributed by atoms with Crippen molar-refractivity contribution in [3.05, 3.63) is 65.7 Å². The third-order valence-electron chi connectivity index (χ3n) is 7.47. The van der Waals surface area contributed by atoms with E-state index in [0.29, 0.717) is 41.7 Å². The van der Waals surface area contributed by atoms with E-state index in [-0.39, 0.29) is 23.4 Å². The number of aryl methyl sites for hydroxylation is 1. The molecule has 0 unspecified atom stereocenters. The van der Waals surface area contributed by atoms with Crippen molar-refractivity contribution in [3.8, 4) is 22.6 Å². The molecule has 0 radical (unpaired) electrons. The Morgan fingerprint density at radius 1 is 1.19 bits per heavy atom. The minimum absolute atomic E-state index is 0.176. The average Bonchev–Trinajstić information content (AvgIpc) is 3.26. The summed E-state index contributed by atoms with van der Waals surface area (Å²) in [5, 5.41) is 18.0. The molecule has 1 aliphatic heterocycles. The molecule has 3 aromatic rings. The van der Waals surface area contributed by atoms with Crippen LogP contribution in [-0.2, 0) is 10.3 Å². The number of rotatable bonds is 5. The van der Waals surface area contributed by atoms with Crippen LogP contribution in [0.5, 0.6) is 11.5 Å². The van der Waals surface area contributed by atoms with Crippen molar-refractivity contribution < 1.29 is 36.9 Å². The summed E-state index contributed by atoms with van der Waals surface area (Å²) in [6.45, 7) is 1.93. The Hall–Kier alpha value is -3.60. The monoisotopic (exact) mass is 517 g/mol. The van der Waals surface area contributed by atoms with E-state index in [2.05, 4.69) is 15.2 Å². The molecular formula is C26H23F4N3O4. The fraction of sp³-hybridized carbons (Fsp3) is 0.385. The molecule has 0 saturated heterocycles. The Morgan fingerprint density at radius 2 is 1.95 bits per heavy atom. The van der Waals surface area contributed by atoms with Gasteiger partial charge in [-0.15, -0.1) is 13.2 Å². The van der Waals surface area contributed by atoms with Gasteiger partial charge in [0.1, 0.15) is 5.75 Å². The van der Waals surface area contributed by atoms with Gasteiger partial charge < -0.3 is 19.9 Å². The molecule has 11 heteroatoms. The second-order valence-corrected chi connectivity index (χ2v) is 10.3. The van der Waals surface area contributed by atoms with Crippen LogP contribution in [0.3, 0.4) is 0 Å². The normalized spacial score (nSPS) is 27.8. The summed E-state index contributed by atoms with van der Waals surface area (Å²) >= 11 is 0. The number of aromatic nitrogens is 2. The number of aliphatic hydroxyl groups excluding tert-OH is 1. The first-order valence-corrected chi connectivity index (χ1v) is 11.8. The van der Waals surface area contributed by atoms with Gasteiger partial charge in [-0.05, 0) is 56.0 Å². The van der Waals surface area contributed by atoms with E-state index in [1.165, 1.54) is 12.3 Å². The van der Waals surface area contributed by atoms with E-state index >= 15 is 0 Å². The summed E-state index contributed by atoms with van der Waals surface area (Å²) in [4.78, 5) is 12.9. The highest BCUT2D eigenvalue weighted by atomic mass is 19.4. The fourth-order valence-corrected chi connectivity index (χ4v) is 5.80. The molecule has 1 aromatic heterocycles. The molecule has 2 N–H and O–H groups in total. The molecule has 2 aromatic carbocycles. The third-order valence-corrected chi connectivity index (χ3v) is 7.47. The lowest BCUT2D eigenvalue weighted by Crippen LogP contribution is -2.79. The predicted molar refractivity (Wildman–Crippen MR) is 122 cm³/mol. The van der Waals surface area contributed by atoms with E-state index in [9.17, 15) is 27.5 Å². The first-order valence-electron chi connectivity index (χ1n) is 11.8. The lowest BCUT2D eigenvalue weighted by Gasteiger charge is -2.70. The lowest BCUT2D eigenvalue weighted by molar-refractivity contribution is -0.275. The number of alkyl halides is 3. The molecular weight excluding hydrogens is 494 g/mol. The van der Waals surface area contributed by atoms with Crippen LogP contribution in [0.15, 0.2) is 48.8 Å². The maximum absolute atomic E-state index is 14.1. The van der Waals surface area contributed by atoms with E-state index in [1.807, 2.05) is 19.1 Å². The van der Waals surface area contributed by atoms with Crippen molar-refractivity contribution in [3.63, 3.8) is 0 Å². The van der Waals surface area contributed by atoms with E-state index in [1.54, 1.807) is 16.9 Å². The Labute approximate surface area is 209 Å². The second kappa shape index (κ2) is 7.95. The smallest absolute Gasteiger partial charge is 0.480 e. The molecule has 0 spiro atoms. The fourth-order valence-electron chi connectivity index (χ4n) is 5.80. The number of carbonyl (C=O) groups is 1. The van der Waals surface area contributed by atoms with Crippen LogP contribution in [0.2, 0.25) is 0 Å². The number of aliphatic hydroxyl groups is 1. The molecule has 4 aliphatic rings. The van der Waals surface area contributed by atoms with Gasteiger partial charge in [0.15, 0.2) is 17.7 Å². The van der Waals surface area contributed by atoms with E-state index in [0.717, 1.165) is 17.7 Å². The van der Waals surface area contributed by atoms with Gasteiger partial charge in [0, 0.05) is 29.3 Å². The summed E-state index contributed by atoms with van der Waals surface area (Å²) < 4.78 is 62.6. The highest BCUT2D eigenvalue weighted by Gasteiger charge is 2.70. The summed E-state index contributed by atoms with van der Waals surface area (Å²) in [7, 11) is 0. The van der Waals surface area contributed by atoms with Crippen LogP contribution in [0.4, 0.5) is 17.6 Å². The van der Waals surface area contributed by atoms with Crippen LogP contribution in [0.1, 0.15) is 42.9 Å². The van der Waals surface area contributed by atoms with Gasteiger partial charge in [-0.2, -0.15) is 5.10 Å². The summed E-state index contributed by atoms with van der Waals surface area (Å²) in [5.74, 6) is -1.77. The highest BCUT2D eigenvalue weighted by Crippen LogP contribution is 2.65. The Morgan fingerprint density at radius 3 is 2.65 bits per heavy atom. The molecule has 2 bridgehead atoms. The predicted octanol–water partition coefficient (Wildman–Crippen LogP) is 4.53. The Balaban J connectivity index is 1.09. The lowest BCUT2D eigenvalue weighted by atomic mass is 9.44. The van der Waals surface area contributed by atoms with Gasteiger partial charge in [-0.1, -0.05) is 17.7 Å². The Kier molecular flexibility index (Phi) is 5.11. The van der Waals surface area contributed by atoms with Crippen molar-refractivity contribution in [1.29, 1.82) is 0 Å². The number of ether oxygens (including phenoxy) is 2. The number of nitrogens with one attached hydrogen (secondary N) is 1. The first kappa shape index (κ1) is 23.8. The summed E-state index contributed by atoms with van der Waals surface area (Å²) in [5.41, 5.74) is 1.97. The van der Waals surface area contributed by atoms with Crippen LogP contribution in [-0.4, -0.2) is 38.8 Å². The highest BCUT2D eigenvalue weighted by molar-refractivity contribution is 5.83. The number of hydrogen-bond donors (Lipinski definition) is 2. The van der Waals surface area contributed by atoms with Crippen molar-refractivity contribution in [1.82, 2.24) is 15.1 Å². The van der Waals surface area contributed by atoms with Gasteiger partial charge in [-0.25, -0.2) is 4.39 Å². The largest absolute Gasteiger partial charge is 0.573 e. The van der Waals surface area contributed by atoms with Crippen LogP contribution in [0.25, 0.3) is 11.1 Å². The zero-order chi connectivity index (χ0) is 26.2. The molecule has 37 heavy (non-hydrogen) atoms. The van der Waals surface area contributed by atoms with Crippen LogP contribution >= 0.6 is 0 Å². The molecule has 1 amide bonds. The van der Waals surface area contributed by atoms with E-state index in [4.69, 9.17) is 4.74 Å². The molecule has 2 atom stereocenters. The summed E-state index contributed by atoms with van der Waals surface area (Å²) in [6.07, 6.45) is -1.14. The minimum atomic E-state index is -4.98. The molecule has 7 nitrogen and oxygen atoms in total. The molecule has 3 saturated carbocycles. The van der Waals surface area contributed by atoms with Crippen molar-refractivity contribution >= 4 is 5.91 Å². The quantitative estimate of drug-likeness (QED) is 0.486. The number of nitrogens with zero attached hydrogens (tertiary/aromatic N) is 2. The van der Waals surface area contributed by atoms with Gasteiger partial charge in [0.2, 0.25) is 0 Å². The number of hydrogen-bond acceptors (Lipinski definition) is 5.